The maximum absolute atomic E-state index is 13.6. The van der Waals surface area contributed by atoms with Crippen LogP contribution >= 0.6 is 0 Å². The third kappa shape index (κ3) is 3.94. The van der Waals surface area contributed by atoms with Crippen LogP contribution in [0.5, 0.6) is 0 Å². The molecule has 1 N–H and O–H groups in total. The zero-order chi connectivity index (χ0) is 22.0. The average molecular weight is 425 g/mol. The van der Waals surface area contributed by atoms with E-state index >= 15 is 0 Å². The summed E-state index contributed by atoms with van der Waals surface area (Å²) >= 11 is 0. The van der Waals surface area contributed by atoms with Crippen LogP contribution in [0.2, 0.25) is 0 Å². The molecular formula is C23H28N4O4. The Labute approximate surface area is 181 Å². The highest BCUT2D eigenvalue weighted by Gasteiger charge is 2.49. The molecule has 8 heteroatoms. The minimum Gasteiger partial charge on any atom is -0.464 e. The van der Waals surface area contributed by atoms with E-state index in [0.717, 1.165) is 31.2 Å². The molecule has 2 aliphatic rings. The predicted octanol–water partition coefficient (Wildman–Crippen LogP) is 2.19. The molecule has 2 aromatic rings. The van der Waals surface area contributed by atoms with Gasteiger partial charge in [-0.3, -0.25) is 9.59 Å². The fourth-order valence-corrected chi connectivity index (χ4v) is 4.58. The molecule has 1 saturated carbocycles. The van der Waals surface area contributed by atoms with Gasteiger partial charge in [0, 0.05) is 12.6 Å². The van der Waals surface area contributed by atoms with Crippen molar-refractivity contribution in [2.45, 2.75) is 57.2 Å². The summed E-state index contributed by atoms with van der Waals surface area (Å²) in [5.41, 5.74) is 0.137. The molecule has 1 aromatic carbocycles. The number of methoxy groups -OCH3 is 1. The summed E-state index contributed by atoms with van der Waals surface area (Å²) in [5.74, 6) is -1.21. The van der Waals surface area contributed by atoms with Crippen molar-refractivity contribution in [2.24, 2.45) is 0 Å². The number of amides is 2. The number of ether oxygens (including phenoxy) is 1. The first-order valence-corrected chi connectivity index (χ1v) is 10.7. The fraction of sp³-hybridized carbons (Fsp3) is 0.478. The average Bonchev–Trinajstić information content (AvgIpc) is 3.43. The lowest BCUT2D eigenvalue weighted by atomic mass is 9.93. The van der Waals surface area contributed by atoms with Crippen molar-refractivity contribution in [1.82, 2.24) is 19.8 Å². The molecule has 1 aliphatic heterocycles. The van der Waals surface area contributed by atoms with Crippen molar-refractivity contribution < 1.29 is 19.1 Å². The second-order valence-corrected chi connectivity index (χ2v) is 8.48. The number of carbonyl (C=O) groups is 3. The molecule has 8 nitrogen and oxygen atoms in total. The van der Waals surface area contributed by atoms with Crippen molar-refractivity contribution in [3.05, 3.63) is 53.6 Å². The molecule has 0 radical (unpaired) electrons. The number of fused-ring (bicyclic) bond motifs is 1. The van der Waals surface area contributed by atoms with Crippen molar-refractivity contribution in [3.8, 4) is 0 Å². The number of benzene rings is 1. The molecule has 164 valence electrons. The smallest absolute Gasteiger partial charge is 0.359 e. The van der Waals surface area contributed by atoms with Gasteiger partial charge in [0.1, 0.15) is 11.2 Å². The third-order valence-corrected chi connectivity index (χ3v) is 6.38. The highest BCUT2D eigenvalue weighted by molar-refractivity contribution is 6.06. The number of nitrogens with zero attached hydrogens (tertiary/aromatic N) is 3. The summed E-state index contributed by atoms with van der Waals surface area (Å²) in [6, 6.07) is 9.97. The Morgan fingerprint density at radius 3 is 2.61 bits per heavy atom. The van der Waals surface area contributed by atoms with Crippen LogP contribution in [0.4, 0.5) is 0 Å². The van der Waals surface area contributed by atoms with Crippen LogP contribution in [-0.2, 0) is 22.5 Å². The van der Waals surface area contributed by atoms with Gasteiger partial charge in [-0.05, 0) is 31.7 Å². The van der Waals surface area contributed by atoms with E-state index in [1.807, 2.05) is 30.3 Å². The van der Waals surface area contributed by atoms with Crippen LogP contribution < -0.4 is 5.32 Å². The maximum atomic E-state index is 13.6. The number of aromatic nitrogens is 2. The van der Waals surface area contributed by atoms with E-state index in [-0.39, 0.29) is 35.8 Å². The topological polar surface area (TPSA) is 93.5 Å². The van der Waals surface area contributed by atoms with Gasteiger partial charge in [-0.15, -0.1) is 0 Å². The van der Waals surface area contributed by atoms with Crippen molar-refractivity contribution >= 4 is 17.8 Å². The number of nitrogens with one attached hydrogen (secondary N) is 1. The van der Waals surface area contributed by atoms with Gasteiger partial charge < -0.3 is 19.5 Å². The molecule has 2 amide bonds. The molecular weight excluding hydrogens is 396 g/mol. The van der Waals surface area contributed by atoms with Crippen LogP contribution in [0, 0.1) is 0 Å². The van der Waals surface area contributed by atoms with E-state index < -0.39 is 11.5 Å². The quantitative estimate of drug-likeness (QED) is 0.718. The van der Waals surface area contributed by atoms with Crippen molar-refractivity contribution in [1.29, 1.82) is 0 Å². The lowest BCUT2D eigenvalue weighted by Crippen LogP contribution is -2.65. The standard InChI is InChI=1S/C23H28N4O4/c1-23(22(30)25-17-10-6-7-11-17)14-26-15-24-18(21(29)31-2)19(26)20(28)27(23)13-12-16-8-4-3-5-9-16/h3-5,8-9,15,17H,6-7,10-14H2,1-2H3,(H,25,30). The van der Waals surface area contributed by atoms with E-state index in [4.69, 9.17) is 4.74 Å². The summed E-state index contributed by atoms with van der Waals surface area (Å²) in [4.78, 5) is 44.8. The Morgan fingerprint density at radius 1 is 1.23 bits per heavy atom. The number of hydrogen-bond acceptors (Lipinski definition) is 5. The van der Waals surface area contributed by atoms with E-state index in [0.29, 0.717) is 13.0 Å². The van der Waals surface area contributed by atoms with Crippen LogP contribution in [0.1, 0.15) is 59.1 Å². The Morgan fingerprint density at radius 2 is 1.94 bits per heavy atom. The number of imidazole rings is 1. The molecule has 4 rings (SSSR count). The van der Waals surface area contributed by atoms with Gasteiger partial charge >= 0.3 is 5.97 Å². The van der Waals surface area contributed by atoms with Gasteiger partial charge in [-0.25, -0.2) is 9.78 Å². The molecule has 1 aromatic heterocycles. The van der Waals surface area contributed by atoms with E-state index in [2.05, 4.69) is 10.3 Å². The second-order valence-electron chi connectivity index (χ2n) is 8.48. The lowest BCUT2D eigenvalue weighted by molar-refractivity contribution is -0.133. The van der Waals surface area contributed by atoms with Crippen molar-refractivity contribution in [3.63, 3.8) is 0 Å². The van der Waals surface area contributed by atoms with Crippen LogP contribution in [-0.4, -0.2) is 57.5 Å². The molecule has 31 heavy (non-hydrogen) atoms. The molecule has 1 atom stereocenters. The van der Waals surface area contributed by atoms with E-state index in [1.54, 1.807) is 16.4 Å². The van der Waals surface area contributed by atoms with Gasteiger partial charge in [0.2, 0.25) is 5.91 Å². The summed E-state index contributed by atoms with van der Waals surface area (Å²) in [7, 11) is 1.26. The fourth-order valence-electron chi connectivity index (χ4n) is 4.58. The van der Waals surface area contributed by atoms with Crippen LogP contribution in [0.25, 0.3) is 0 Å². The summed E-state index contributed by atoms with van der Waals surface area (Å²) in [6.45, 7) is 2.37. The third-order valence-electron chi connectivity index (χ3n) is 6.38. The zero-order valence-corrected chi connectivity index (χ0v) is 18.0. The highest BCUT2D eigenvalue weighted by Crippen LogP contribution is 2.30. The largest absolute Gasteiger partial charge is 0.464 e. The lowest BCUT2D eigenvalue weighted by Gasteiger charge is -2.44. The van der Waals surface area contributed by atoms with Gasteiger partial charge in [0.05, 0.1) is 20.0 Å². The molecule has 1 aliphatic carbocycles. The molecule has 2 heterocycles. The van der Waals surface area contributed by atoms with Crippen LogP contribution in [0.15, 0.2) is 36.7 Å². The first-order chi connectivity index (χ1) is 14.9. The minimum absolute atomic E-state index is 0.0181. The first-order valence-electron chi connectivity index (χ1n) is 10.7. The molecule has 1 unspecified atom stereocenters. The summed E-state index contributed by atoms with van der Waals surface area (Å²) < 4.78 is 6.40. The molecule has 0 spiro atoms. The molecule has 1 fully saturated rings. The Hall–Kier alpha value is -3.16. The van der Waals surface area contributed by atoms with E-state index in [1.165, 1.54) is 13.4 Å². The van der Waals surface area contributed by atoms with Crippen molar-refractivity contribution in [2.75, 3.05) is 13.7 Å². The van der Waals surface area contributed by atoms with Gasteiger partial charge in [0.15, 0.2) is 5.69 Å². The Balaban J connectivity index is 1.66. The number of rotatable bonds is 6. The van der Waals surface area contributed by atoms with Crippen LogP contribution in [0.3, 0.4) is 0 Å². The number of carbonyl (C=O) groups excluding carboxylic acids is 3. The number of hydrogen-bond donors (Lipinski definition) is 1. The van der Waals surface area contributed by atoms with Gasteiger partial charge in [0.25, 0.3) is 5.91 Å². The van der Waals surface area contributed by atoms with Gasteiger partial charge in [-0.1, -0.05) is 43.2 Å². The van der Waals surface area contributed by atoms with Gasteiger partial charge in [-0.2, -0.15) is 0 Å². The monoisotopic (exact) mass is 424 g/mol. The minimum atomic E-state index is -1.09. The second kappa shape index (κ2) is 8.53. The highest BCUT2D eigenvalue weighted by atomic mass is 16.5. The maximum Gasteiger partial charge on any atom is 0.359 e. The predicted molar refractivity (Wildman–Crippen MR) is 114 cm³/mol. The summed E-state index contributed by atoms with van der Waals surface area (Å²) in [6.07, 6.45) is 6.17. The zero-order valence-electron chi connectivity index (χ0n) is 18.0. The molecule has 0 saturated heterocycles. The molecule has 0 bridgehead atoms. The normalized spacial score (nSPS) is 21.1. The number of esters is 1. The Kier molecular flexibility index (Phi) is 5.80. The first kappa shape index (κ1) is 21.1. The Bertz CT molecular complexity index is 981. The summed E-state index contributed by atoms with van der Waals surface area (Å²) in [5, 5.41) is 3.15. The SMILES string of the molecule is COC(=O)c1ncn2c1C(=O)N(CCc1ccccc1)C(C)(C(=O)NC1CCCC1)C2. The van der Waals surface area contributed by atoms with E-state index in [9.17, 15) is 14.4 Å².